The number of nitrogens with two attached hydrogens (primary N) is 1. The molecular weight excluding hydrogens is 589 g/mol. The molecule has 10 heteroatoms. The minimum Gasteiger partial charge on any atom is -0.339 e. The van der Waals surface area contributed by atoms with Gasteiger partial charge in [-0.25, -0.2) is 22.9 Å². The smallest absolute Gasteiger partial charge is 0.255 e. The lowest BCUT2D eigenvalue weighted by molar-refractivity contribution is 0.0603. The topological polar surface area (TPSA) is 102 Å². The fraction of sp³-hybridized carbons (Fsp3) is 0.429. The molecule has 0 saturated carbocycles. The van der Waals surface area contributed by atoms with E-state index in [0.29, 0.717) is 31.2 Å². The number of fused-ring (bicyclic) bond motifs is 3. The first-order valence-corrected chi connectivity index (χ1v) is 17.5. The lowest BCUT2D eigenvalue weighted by atomic mass is 9.70. The summed E-state index contributed by atoms with van der Waals surface area (Å²) in [5, 5.41) is 5.37. The number of piperidine rings is 2. The minimum absolute atomic E-state index is 0.115. The Kier molecular flexibility index (Phi) is 7.78. The fourth-order valence-electron chi connectivity index (χ4n) is 8.49. The van der Waals surface area contributed by atoms with Crippen LogP contribution in [0.15, 0.2) is 77.7 Å². The van der Waals surface area contributed by atoms with Crippen LogP contribution in [0.25, 0.3) is 11.0 Å². The molecule has 1 aromatic heterocycles. The van der Waals surface area contributed by atoms with Gasteiger partial charge in [0.2, 0.25) is 10.0 Å². The van der Waals surface area contributed by atoms with Crippen LogP contribution in [-0.4, -0.2) is 65.4 Å². The molecule has 3 aromatic carbocycles. The van der Waals surface area contributed by atoms with Gasteiger partial charge in [-0.1, -0.05) is 42.5 Å². The third-order valence-electron chi connectivity index (χ3n) is 10.7. The number of nitrogens with zero attached hydrogens (tertiary/aromatic N) is 4. The molecule has 3 aliphatic heterocycles. The van der Waals surface area contributed by atoms with Crippen LogP contribution in [0.4, 0.5) is 4.39 Å². The second-order valence-corrected chi connectivity index (χ2v) is 14.7. The minimum atomic E-state index is -4.18. The van der Waals surface area contributed by atoms with E-state index in [-0.39, 0.29) is 15.9 Å². The number of amides is 1. The van der Waals surface area contributed by atoms with E-state index in [0.717, 1.165) is 68.2 Å². The summed E-state index contributed by atoms with van der Waals surface area (Å²) in [6.07, 6.45) is 7.15. The maximum absolute atomic E-state index is 14.1. The molecule has 3 fully saturated rings. The molecule has 4 aromatic rings. The molecule has 3 saturated heterocycles. The quantitative estimate of drug-likeness (QED) is 0.288. The van der Waals surface area contributed by atoms with Gasteiger partial charge < -0.3 is 9.47 Å². The van der Waals surface area contributed by atoms with E-state index < -0.39 is 21.7 Å². The van der Waals surface area contributed by atoms with Gasteiger partial charge in [0.05, 0.1) is 21.5 Å². The number of likely N-dealkylation sites (tertiary alicyclic amines) is 1. The molecule has 7 rings (SSSR count). The first-order chi connectivity index (χ1) is 21.6. The number of carbonyl (C=O) groups is 1. The van der Waals surface area contributed by atoms with Crippen LogP contribution in [0.5, 0.6) is 0 Å². The third-order valence-corrected chi connectivity index (χ3v) is 11.7. The van der Waals surface area contributed by atoms with Gasteiger partial charge in [0, 0.05) is 31.2 Å². The normalized spacial score (nSPS) is 23.4. The van der Waals surface area contributed by atoms with Crippen LogP contribution in [0.3, 0.4) is 0 Å². The predicted molar refractivity (Wildman–Crippen MR) is 172 cm³/mol. The van der Waals surface area contributed by atoms with Gasteiger partial charge in [-0.05, 0) is 99.7 Å². The zero-order chi connectivity index (χ0) is 31.3. The summed E-state index contributed by atoms with van der Waals surface area (Å²) in [6.45, 7) is 4.03. The zero-order valence-corrected chi connectivity index (χ0v) is 26.4. The van der Waals surface area contributed by atoms with Gasteiger partial charge in [-0.15, -0.1) is 0 Å². The Hall–Kier alpha value is -3.60. The Labute approximate surface area is 264 Å². The summed E-state index contributed by atoms with van der Waals surface area (Å²) >= 11 is 0. The summed E-state index contributed by atoms with van der Waals surface area (Å²) in [4.78, 5) is 22.4. The van der Waals surface area contributed by atoms with Gasteiger partial charge in [0.25, 0.3) is 5.91 Å². The van der Waals surface area contributed by atoms with Crippen molar-refractivity contribution in [3.63, 3.8) is 0 Å². The summed E-state index contributed by atoms with van der Waals surface area (Å²) in [5.74, 6) is -0.0772. The number of benzene rings is 3. The van der Waals surface area contributed by atoms with Crippen molar-refractivity contribution in [2.24, 2.45) is 5.14 Å². The molecule has 1 amide bonds. The lowest BCUT2D eigenvalue weighted by Gasteiger charge is -2.45. The summed E-state index contributed by atoms with van der Waals surface area (Å²) in [5.41, 5.74) is 3.25. The molecule has 4 heterocycles. The van der Waals surface area contributed by atoms with Crippen LogP contribution < -0.4 is 5.14 Å². The van der Waals surface area contributed by atoms with E-state index in [1.807, 2.05) is 6.07 Å². The number of hydrogen-bond donors (Lipinski definition) is 1. The molecule has 8 nitrogen and oxygen atoms in total. The SMILES string of the molecule is Cc1nc2ccccc2n1C1CC2CCC(C1)N2CCC1(c2ccccc2)CCN(C(=O)c2cc(F)ccc2S(N)(=O)=O)CC1. The number of imidazole rings is 1. The Morgan fingerprint density at radius 1 is 0.956 bits per heavy atom. The highest BCUT2D eigenvalue weighted by Gasteiger charge is 2.44. The van der Waals surface area contributed by atoms with Crippen LogP contribution >= 0.6 is 0 Å². The molecule has 236 valence electrons. The summed E-state index contributed by atoms with van der Waals surface area (Å²) < 4.78 is 40.9. The monoisotopic (exact) mass is 629 g/mol. The maximum atomic E-state index is 14.1. The second-order valence-electron chi connectivity index (χ2n) is 13.1. The molecule has 45 heavy (non-hydrogen) atoms. The molecule has 2 N–H and O–H groups in total. The van der Waals surface area contributed by atoms with Crippen LogP contribution in [0, 0.1) is 12.7 Å². The van der Waals surface area contributed by atoms with Crippen LogP contribution in [-0.2, 0) is 15.4 Å². The first-order valence-electron chi connectivity index (χ1n) is 16.0. The number of primary sulfonamides is 1. The largest absolute Gasteiger partial charge is 0.339 e. The average molecular weight is 630 g/mol. The standard InChI is InChI=1S/C35H40FN5O3S/c1-24-38-31-9-5-6-10-32(31)41(24)29-22-27-12-13-28(23-29)40(27)20-17-35(25-7-3-2-4-8-25)15-18-39(19-16-35)34(42)30-21-26(36)11-14-33(30)45(37,43)44/h2-11,14,21,27-29H,12-13,15-20,22-23H2,1H3,(H2,37,43,44). The highest BCUT2D eigenvalue weighted by Crippen LogP contribution is 2.45. The molecule has 2 atom stereocenters. The van der Waals surface area contributed by atoms with Gasteiger partial charge in [-0.3, -0.25) is 9.69 Å². The van der Waals surface area contributed by atoms with Crippen molar-refractivity contribution in [2.45, 2.75) is 80.3 Å². The highest BCUT2D eigenvalue weighted by atomic mass is 32.2. The Morgan fingerprint density at radius 3 is 2.31 bits per heavy atom. The van der Waals surface area contributed by atoms with E-state index in [9.17, 15) is 17.6 Å². The second kappa shape index (κ2) is 11.6. The van der Waals surface area contributed by atoms with Crippen molar-refractivity contribution < 1.29 is 17.6 Å². The highest BCUT2D eigenvalue weighted by molar-refractivity contribution is 7.89. The van der Waals surface area contributed by atoms with Crippen molar-refractivity contribution in [1.82, 2.24) is 19.4 Å². The van der Waals surface area contributed by atoms with Crippen LogP contribution in [0.1, 0.15) is 72.7 Å². The summed E-state index contributed by atoms with van der Waals surface area (Å²) in [6, 6.07) is 23.6. The molecule has 2 unspecified atom stereocenters. The molecule has 0 radical (unpaired) electrons. The number of rotatable bonds is 7. The molecule has 0 aliphatic carbocycles. The number of hydrogen-bond acceptors (Lipinski definition) is 5. The van der Waals surface area contributed by atoms with E-state index in [4.69, 9.17) is 10.1 Å². The third kappa shape index (κ3) is 5.57. The number of aryl methyl sites for hydroxylation is 1. The molecular formula is C35H40FN5O3S. The fourth-order valence-corrected chi connectivity index (χ4v) is 9.20. The number of halogens is 1. The Balaban J connectivity index is 1.08. The molecule has 0 spiro atoms. The van der Waals surface area contributed by atoms with Gasteiger partial charge >= 0.3 is 0 Å². The number of sulfonamides is 1. The van der Waals surface area contributed by atoms with Crippen molar-refractivity contribution in [1.29, 1.82) is 0 Å². The Bertz CT molecular complexity index is 1820. The van der Waals surface area contributed by atoms with E-state index in [1.165, 1.54) is 23.9 Å². The maximum Gasteiger partial charge on any atom is 0.255 e. The van der Waals surface area contributed by atoms with Crippen LogP contribution in [0.2, 0.25) is 0 Å². The number of para-hydroxylation sites is 2. The van der Waals surface area contributed by atoms with Gasteiger partial charge in [0.15, 0.2) is 0 Å². The van der Waals surface area contributed by atoms with Crippen molar-refractivity contribution >= 4 is 27.0 Å². The first kappa shape index (κ1) is 30.1. The number of aromatic nitrogens is 2. The predicted octanol–water partition coefficient (Wildman–Crippen LogP) is 5.56. The Morgan fingerprint density at radius 2 is 1.62 bits per heavy atom. The van der Waals surface area contributed by atoms with Gasteiger partial charge in [0.1, 0.15) is 11.6 Å². The van der Waals surface area contributed by atoms with Crippen molar-refractivity contribution in [2.75, 3.05) is 19.6 Å². The zero-order valence-electron chi connectivity index (χ0n) is 25.6. The number of carbonyl (C=O) groups excluding carboxylic acids is 1. The van der Waals surface area contributed by atoms with E-state index >= 15 is 0 Å². The lowest BCUT2D eigenvalue weighted by Crippen LogP contribution is -2.49. The van der Waals surface area contributed by atoms with E-state index in [2.05, 4.69) is 64.9 Å². The molecule has 3 aliphatic rings. The summed E-state index contributed by atoms with van der Waals surface area (Å²) in [7, 11) is -4.18. The van der Waals surface area contributed by atoms with Crippen molar-refractivity contribution in [3.05, 3.63) is 95.6 Å². The van der Waals surface area contributed by atoms with Crippen molar-refractivity contribution in [3.8, 4) is 0 Å². The average Bonchev–Trinajstić information content (AvgIpc) is 3.49. The molecule has 2 bridgehead atoms. The van der Waals surface area contributed by atoms with Gasteiger partial charge in [-0.2, -0.15) is 0 Å². The van der Waals surface area contributed by atoms with E-state index in [1.54, 1.807) is 4.90 Å².